The number of nitrogens with two attached hydrogens (primary N) is 1. The highest BCUT2D eigenvalue weighted by molar-refractivity contribution is 7.89. The molecule has 0 saturated carbocycles. The van der Waals surface area contributed by atoms with Crippen molar-refractivity contribution in [3.05, 3.63) is 24.3 Å². The summed E-state index contributed by atoms with van der Waals surface area (Å²) in [7, 11) is -7.58. The number of nitrogens with zero attached hydrogens (tertiary/aromatic N) is 2. The van der Waals surface area contributed by atoms with Gasteiger partial charge in [-0.25, -0.2) is 22.0 Å². The standard InChI is InChI=1S/C14H21N3O6S2/c1-2-23-12-3-5-13(6-4-12)25(21,22)17-9-7-16(8-10-17)14(18)11-24(15,19)20/h3-6H,2,7-11H2,1H3,(H2,15,19,20). The van der Waals surface area contributed by atoms with Gasteiger partial charge in [-0.05, 0) is 31.2 Å². The van der Waals surface area contributed by atoms with Crippen LogP contribution >= 0.6 is 0 Å². The van der Waals surface area contributed by atoms with Crippen molar-refractivity contribution >= 4 is 26.0 Å². The summed E-state index contributed by atoms with van der Waals surface area (Å²) in [5.74, 6) is -0.820. The molecule has 0 unspecified atom stereocenters. The molecule has 0 atom stereocenters. The van der Waals surface area contributed by atoms with Gasteiger partial charge in [0.1, 0.15) is 11.5 Å². The maximum Gasteiger partial charge on any atom is 0.243 e. The van der Waals surface area contributed by atoms with Crippen LogP contribution in [0.4, 0.5) is 0 Å². The molecule has 1 heterocycles. The third-order valence-electron chi connectivity index (χ3n) is 3.69. The Labute approximate surface area is 147 Å². The number of benzene rings is 1. The molecule has 2 rings (SSSR count). The molecule has 1 fully saturated rings. The first-order valence-electron chi connectivity index (χ1n) is 7.65. The molecule has 140 valence electrons. The number of hydrogen-bond donors (Lipinski definition) is 1. The summed E-state index contributed by atoms with van der Waals surface area (Å²) in [5, 5.41) is 4.86. The van der Waals surface area contributed by atoms with E-state index < -0.39 is 31.7 Å². The summed E-state index contributed by atoms with van der Waals surface area (Å²) in [6.45, 7) is 2.73. The second kappa shape index (κ2) is 7.68. The van der Waals surface area contributed by atoms with E-state index in [2.05, 4.69) is 0 Å². The Morgan fingerprint density at radius 1 is 1.08 bits per heavy atom. The van der Waals surface area contributed by atoms with Gasteiger partial charge in [0, 0.05) is 26.2 Å². The molecule has 25 heavy (non-hydrogen) atoms. The zero-order valence-corrected chi connectivity index (χ0v) is 15.4. The quantitative estimate of drug-likeness (QED) is 0.677. The Bertz CT molecular complexity index is 813. The van der Waals surface area contributed by atoms with Gasteiger partial charge in [0.2, 0.25) is 26.0 Å². The van der Waals surface area contributed by atoms with E-state index in [1.807, 2.05) is 6.92 Å². The van der Waals surface area contributed by atoms with Crippen LogP contribution in [0.25, 0.3) is 0 Å². The molecule has 1 aliphatic heterocycles. The van der Waals surface area contributed by atoms with Crippen LogP contribution in [-0.4, -0.2) is 70.5 Å². The number of hydrogen-bond acceptors (Lipinski definition) is 6. The zero-order valence-electron chi connectivity index (χ0n) is 13.8. The van der Waals surface area contributed by atoms with Crippen molar-refractivity contribution < 1.29 is 26.4 Å². The van der Waals surface area contributed by atoms with Crippen LogP contribution in [0.5, 0.6) is 5.75 Å². The van der Waals surface area contributed by atoms with Crippen molar-refractivity contribution in [2.45, 2.75) is 11.8 Å². The highest BCUT2D eigenvalue weighted by Crippen LogP contribution is 2.21. The number of amides is 1. The van der Waals surface area contributed by atoms with E-state index in [9.17, 15) is 21.6 Å². The fourth-order valence-electron chi connectivity index (χ4n) is 2.46. The number of ether oxygens (including phenoxy) is 1. The molecule has 1 aliphatic rings. The number of carbonyl (C=O) groups is 1. The van der Waals surface area contributed by atoms with Gasteiger partial charge in [-0.1, -0.05) is 0 Å². The van der Waals surface area contributed by atoms with Gasteiger partial charge in [0.25, 0.3) is 0 Å². The number of primary sulfonamides is 1. The minimum atomic E-state index is -3.90. The number of sulfonamides is 2. The molecule has 2 N–H and O–H groups in total. The van der Waals surface area contributed by atoms with E-state index in [4.69, 9.17) is 9.88 Å². The van der Waals surface area contributed by atoms with E-state index in [1.54, 1.807) is 12.1 Å². The molecule has 0 aliphatic carbocycles. The third kappa shape index (κ3) is 5.14. The maximum absolute atomic E-state index is 12.6. The first-order chi connectivity index (χ1) is 11.6. The molecular formula is C14H21N3O6S2. The van der Waals surface area contributed by atoms with Gasteiger partial charge < -0.3 is 9.64 Å². The predicted molar refractivity (Wildman–Crippen MR) is 90.9 cm³/mol. The Hall–Kier alpha value is -1.69. The fourth-order valence-corrected chi connectivity index (χ4v) is 4.41. The average molecular weight is 391 g/mol. The largest absolute Gasteiger partial charge is 0.494 e. The second-order valence-electron chi connectivity index (χ2n) is 5.50. The third-order valence-corrected chi connectivity index (χ3v) is 6.25. The second-order valence-corrected chi connectivity index (χ2v) is 9.05. The molecule has 11 heteroatoms. The van der Waals surface area contributed by atoms with E-state index in [0.29, 0.717) is 12.4 Å². The predicted octanol–water partition coefficient (Wildman–Crippen LogP) is -0.793. The molecule has 0 spiro atoms. The molecule has 1 saturated heterocycles. The molecule has 1 aromatic rings. The number of piperazine rings is 1. The zero-order chi connectivity index (χ0) is 18.7. The molecule has 1 aromatic carbocycles. The van der Waals surface area contributed by atoms with Crippen LogP contribution in [0.15, 0.2) is 29.2 Å². The van der Waals surface area contributed by atoms with Crippen molar-refractivity contribution in [3.63, 3.8) is 0 Å². The molecule has 0 bridgehead atoms. The lowest BCUT2D eigenvalue weighted by Crippen LogP contribution is -2.52. The lowest BCUT2D eigenvalue weighted by atomic mass is 10.3. The normalized spacial score (nSPS) is 16.6. The molecule has 9 nitrogen and oxygen atoms in total. The molecular weight excluding hydrogens is 370 g/mol. The Balaban J connectivity index is 2.02. The number of rotatable bonds is 6. The Morgan fingerprint density at radius 2 is 1.64 bits per heavy atom. The number of carbonyl (C=O) groups excluding carboxylic acids is 1. The summed E-state index contributed by atoms with van der Waals surface area (Å²) in [6, 6.07) is 6.11. The van der Waals surface area contributed by atoms with Crippen LogP contribution in [-0.2, 0) is 24.8 Å². The van der Waals surface area contributed by atoms with Crippen LogP contribution in [0.2, 0.25) is 0 Å². The van der Waals surface area contributed by atoms with Gasteiger partial charge in [0.15, 0.2) is 0 Å². The minimum absolute atomic E-state index is 0.0892. The molecule has 0 radical (unpaired) electrons. The maximum atomic E-state index is 12.6. The van der Waals surface area contributed by atoms with Gasteiger partial charge in [0.05, 0.1) is 11.5 Å². The topological polar surface area (TPSA) is 127 Å². The average Bonchev–Trinajstić information content (AvgIpc) is 2.54. The smallest absolute Gasteiger partial charge is 0.243 e. The van der Waals surface area contributed by atoms with E-state index >= 15 is 0 Å². The summed E-state index contributed by atoms with van der Waals surface area (Å²) < 4.78 is 53.8. The van der Waals surface area contributed by atoms with E-state index in [1.165, 1.54) is 21.3 Å². The lowest BCUT2D eigenvalue weighted by Gasteiger charge is -2.33. The summed E-state index contributed by atoms with van der Waals surface area (Å²) in [4.78, 5) is 13.3. The summed E-state index contributed by atoms with van der Waals surface area (Å²) >= 11 is 0. The Morgan fingerprint density at radius 3 is 2.12 bits per heavy atom. The van der Waals surface area contributed by atoms with Crippen LogP contribution in [0.3, 0.4) is 0 Å². The van der Waals surface area contributed by atoms with E-state index in [-0.39, 0.29) is 31.1 Å². The monoisotopic (exact) mass is 391 g/mol. The molecule has 0 aromatic heterocycles. The minimum Gasteiger partial charge on any atom is -0.494 e. The highest BCUT2D eigenvalue weighted by Gasteiger charge is 2.30. The van der Waals surface area contributed by atoms with Crippen molar-refractivity contribution in [1.82, 2.24) is 9.21 Å². The van der Waals surface area contributed by atoms with Gasteiger partial charge in [-0.15, -0.1) is 0 Å². The van der Waals surface area contributed by atoms with Crippen molar-refractivity contribution in [1.29, 1.82) is 0 Å². The van der Waals surface area contributed by atoms with Gasteiger partial charge in [-0.3, -0.25) is 4.79 Å². The summed E-state index contributed by atoms with van der Waals surface area (Å²) in [5.41, 5.74) is 0. The fraction of sp³-hybridized carbons (Fsp3) is 0.500. The Kier molecular flexibility index (Phi) is 6.03. The van der Waals surface area contributed by atoms with Crippen LogP contribution in [0.1, 0.15) is 6.92 Å². The van der Waals surface area contributed by atoms with Gasteiger partial charge >= 0.3 is 0 Å². The van der Waals surface area contributed by atoms with Crippen molar-refractivity contribution in [3.8, 4) is 5.75 Å². The van der Waals surface area contributed by atoms with Gasteiger partial charge in [-0.2, -0.15) is 4.31 Å². The highest BCUT2D eigenvalue weighted by atomic mass is 32.2. The van der Waals surface area contributed by atoms with E-state index in [0.717, 1.165) is 0 Å². The lowest BCUT2D eigenvalue weighted by molar-refractivity contribution is -0.129. The van der Waals surface area contributed by atoms with Crippen molar-refractivity contribution in [2.24, 2.45) is 5.14 Å². The molecule has 1 amide bonds. The van der Waals surface area contributed by atoms with Crippen LogP contribution < -0.4 is 9.88 Å². The van der Waals surface area contributed by atoms with Crippen molar-refractivity contribution in [2.75, 3.05) is 38.5 Å². The first-order valence-corrected chi connectivity index (χ1v) is 10.8. The SMILES string of the molecule is CCOc1ccc(S(=O)(=O)N2CCN(C(=O)CS(N)(=O)=O)CC2)cc1. The van der Waals surface area contributed by atoms with Crippen LogP contribution in [0, 0.1) is 0 Å². The first kappa shape index (κ1) is 19.6. The summed E-state index contributed by atoms with van der Waals surface area (Å²) in [6.07, 6.45) is 0.